The van der Waals surface area contributed by atoms with E-state index < -0.39 is 0 Å². The van der Waals surface area contributed by atoms with E-state index >= 15 is 0 Å². The SMILES string of the molecule is C=C(N=C[CH]=[W])C(C)C. The zero-order valence-electron chi connectivity index (χ0n) is 5.79. The Morgan fingerprint density at radius 2 is 2.22 bits per heavy atom. The van der Waals surface area contributed by atoms with Gasteiger partial charge in [0.2, 0.25) is 0 Å². The molecule has 9 heavy (non-hydrogen) atoms. The molecule has 0 heterocycles. The molecule has 0 unspecified atom stereocenters. The topological polar surface area (TPSA) is 12.4 Å². The molecule has 2 heteroatoms. The van der Waals surface area contributed by atoms with E-state index in [1.54, 1.807) is 6.21 Å². The summed E-state index contributed by atoms with van der Waals surface area (Å²) in [7, 11) is 0. The molecule has 0 aromatic carbocycles. The molecular weight excluding hydrogens is 282 g/mol. The Morgan fingerprint density at radius 3 is 2.56 bits per heavy atom. The van der Waals surface area contributed by atoms with Crippen molar-refractivity contribution in [1.29, 1.82) is 0 Å². The van der Waals surface area contributed by atoms with Crippen molar-refractivity contribution >= 4 is 10.6 Å². The molecule has 0 bridgehead atoms. The average Bonchev–Trinajstić information content (AvgIpc) is 1.82. The Labute approximate surface area is 67.3 Å². The Balaban J connectivity index is 3.76. The summed E-state index contributed by atoms with van der Waals surface area (Å²) in [5.41, 5.74) is 0.951. The molecule has 0 saturated heterocycles. The van der Waals surface area contributed by atoms with Crippen LogP contribution in [0.4, 0.5) is 0 Å². The quantitative estimate of drug-likeness (QED) is 0.701. The number of nitrogens with zero attached hydrogens (tertiary/aromatic N) is 1. The third kappa shape index (κ3) is 4.47. The van der Waals surface area contributed by atoms with Gasteiger partial charge in [-0.2, -0.15) is 0 Å². The molecule has 0 amide bonds. The predicted octanol–water partition coefficient (Wildman–Crippen LogP) is 1.58. The normalized spacial score (nSPS) is 10.6. The van der Waals surface area contributed by atoms with Crippen LogP contribution in [0.3, 0.4) is 0 Å². The van der Waals surface area contributed by atoms with Crippen LogP contribution < -0.4 is 0 Å². The molecule has 0 rings (SSSR count). The van der Waals surface area contributed by atoms with E-state index in [0.717, 1.165) is 5.70 Å². The Morgan fingerprint density at radius 1 is 1.67 bits per heavy atom. The summed E-state index contributed by atoms with van der Waals surface area (Å²) in [6, 6.07) is 0. The first-order valence-electron chi connectivity index (χ1n) is 2.85. The molecule has 0 saturated carbocycles. The molecule has 0 spiro atoms. The van der Waals surface area contributed by atoms with Crippen LogP contribution in [-0.2, 0) is 19.4 Å². The van der Waals surface area contributed by atoms with Crippen molar-refractivity contribution in [2.75, 3.05) is 0 Å². The van der Waals surface area contributed by atoms with Crippen LogP contribution in [0.15, 0.2) is 17.3 Å². The van der Waals surface area contributed by atoms with Gasteiger partial charge >= 0.3 is 67.0 Å². The van der Waals surface area contributed by atoms with Gasteiger partial charge in [-0.1, -0.05) is 0 Å². The molecule has 0 aliphatic heterocycles. The molecule has 0 aromatic heterocycles. The Bertz CT molecular complexity index is 136. The van der Waals surface area contributed by atoms with Gasteiger partial charge in [0, 0.05) is 0 Å². The van der Waals surface area contributed by atoms with E-state index in [1.165, 1.54) is 19.4 Å². The van der Waals surface area contributed by atoms with E-state index in [0.29, 0.717) is 5.92 Å². The second kappa shape index (κ2) is 4.81. The molecule has 0 radical (unpaired) electrons. The van der Waals surface area contributed by atoms with Crippen molar-refractivity contribution in [2.24, 2.45) is 10.9 Å². The van der Waals surface area contributed by atoms with Crippen molar-refractivity contribution in [1.82, 2.24) is 0 Å². The minimum atomic E-state index is 0.469. The van der Waals surface area contributed by atoms with E-state index in [-0.39, 0.29) is 0 Å². The maximum absolute atomic E-state index is 4.09. The molecule has 50 valence electrons. The van der Waals surface area contributed by atoms with E-state index in [4.69, 9.17) is 0 Å². The van der Waals surface area contributed by atoms with Crippen molar-refractivity contribution in [2.45, 2.75) is 13.8 Å². The van der Waals surface area contributed by atoms with Gasteiger partial charge in [0.05, 0.1) is 0 Å². The van der Waals surface area contributed by atoms with Crippen LogP contribution in [0.25, 0.3) is 0 Å². The summed E-state index contributed by atoms with van der Waals surface area (Å²) in [6.07, 6.45) is 1.80. The predicted molar refractivity (Wildman–Crippen MR) is 38.5 cm³/mol. The van der Waals surface area contributed by atoms with Crippen LogP contribution in [0.2, 0.25) is 0 Å². The minimum absolute atomic E-state index is 0.469. The molecular formula is C7H11NW. The third-order valence-corrected chi connectivity index (χ3v) is 1.40. The van der Waals surface area contributed by atoms with Gasteiger partial charge in [0.15, 0.2) is 0 Å². The first-order chi connectivity index (χ1) is 4.18. The monoisotopic (exact) mass is 293 g/mol. The summed E-state index contributed by atoms with van der Waals surface area (Å²) in [5.74, 6) is 0.469. The number of hydrogen-bond donors (Lipinski definition) is 0. The summed E-state index contributed by atoms with van der Waals surface area (Å²) < 4.78 is 1.98. The average molecular weight is 293 g/mol. The fraction of sp³-hybridized carbons (Fsp3) is 0.429. The summed E-state index contributed by atoms with van der Waals surface area (Å²) in [4.78, 5) is 4.09. The van der Waals surface area contributed by atoms with Crippen LogP contribution >= 0.6 is 0 Å². The fourth-order valence-electron chi connectivity index (χ4n) is 0.275. The molecule has 0 aromatic rings. The summed E-state index contributed by atoms with van der Waals surface area (Å²) >= 11 is 1.42. The van der Waals surface area contributed by atoms with Gasteiger partial charge in [0.25, 0.3) is 0 Å². The second-order valence-electron chi connectivity index (χ2n) is 2.06. The van der Waals surface area contributed by atoms with Gasteiger partial charge in [-0.25, -0.2) is 0 Å². The Kier molecular flexibility index (Phi) is 4.79. The van der Waals surface area contributed by atoms with Gasteiger partial charge in [0.1, 0.15) is 0 Å². The van der Waals surface area contributed by atoms with Gasteiger partial charge in [-0.3, -0.25) is 0 Å². The van der Waals surface area contributed by atoms with Crippen LogP contribution in [0.5, 0.6) is 0 Å². The van der Waals surface area contributed by atoms with Crippen molar-refractivity contribution in [3.05, 3.63) is 12.3 Å². The zero-order valence-corrected chi connectivity index (χ0v) is 8.73. The van der Waals surface area contributed by atoms with E-state index in [9.17, 15) is 0 Å². The molecule has 0 atom stereocenters. The molecule has 0 aliphatic rings. The standard InChI is InChI=1S/C7H11N.W/c1-5-8-7(4)6(2)3;/h1,5-6H,4H2,2-3H3;. The summed E-state index contributed by atoms with van der Waals surface area (Å²) in [6.45, 7) is 7.95. The van der Waals surface area contributed by atoms with Crippen LogP contribution in [0.1, 0.15) is 13.8 Å². The number of rotatable bonds is 3. The summed E-state index contributed by atoms with van der Waals surface area (Å²) in [5, 5.41) is 0. The van der Waals surface area contributed by atoms with Crippen LogP contribution in [0, 0.1) is 5.92 Å². The molecule has 1 nitrogen and oxygen atoms in total. The van der Waals surface area contributed by atoms with Crippen LogP contribution in [-0.4, -0.2) is 10.6 Å². The van der Waals surface area contributed by atoms with Crippen molar-refractivity contribution in [3.8, 4) is 0 Å². The van der Waals surface area contributed by atoms with E-state index in [2.05, 4.69) is 25.4 Å². The van der Waals surface area contributed by atoms with E-state index in [1.807, 2.05) is 4.40 Å². The molecule has 0 fully saturated rings. The van der Waals surface area contributed by atoms with Gasteiger partial charge < -0.3 is 0 Å². The zero-order chi connectivity index (χ0) is 7.28. The Hall–Kier alpha value is -0.0317. The first-order valence-corrected chi connectivity index (χ1v) is 4.54. The van der Waals surface area contributed by atoms with Gasteiger partial charge in [-0.05, 0) is 0 Å². The number of hydrogen-bond acceptors (Lipinski definition) is 1. The van der Waals surface area contributed by atoms with Crippen molar-refractivity contribution in [3.63, 3.8) is 0 Å². The molecule has 0 N–H and O–H groups in total. The first kappa shape index (κ1) is 8.97. The third-order valence-electron chi connectivity index (χ3n) is 0.968. The number of allylic oxidation sites excluding steroid dienone is 1. The van der Waals surface area contributed by atoms with Gasteiger partial charge in [-0.15, -0.1) is 0 Å². The molecule has 0 aliphatic carbocycles. The number of aliphatic imine (C=N–C) groups is 1. The second-order valence-corrected chi connectivity index (χ2v) is 3.04. The fourth-order valence-corrected chi connectivity index (χ4v) is 0.494. The van der Waals surface area contributed by atoms with Crippen molar-refractivity contribution < 1.29 is 19.4 Å². The maximum atomic E-state index is 4.09.